The van der Waals surface area contributed by atoms with E-state index in [-0.39, 0.29) is 11.8 Å². The van der Waals surface area contributed by atoms with Crippen LogP contribution in [0, 0.1) is 0 Å². The summed E-state index contributed by atoms with van der Waals surface area (Å²) in [6.45, 7) is 0.742. The van der Waals surface area contributed by atoms with E-state index >= 15 is 0 Å². The van der Waals surface area contributed by atoms with Crippen LogP contribution in [0.5, 0.6) is 0 Å². The van der Waals surface area contributed by atoms with Gasteiger partial charge in [0.25, 0.3) is 5.91 Å². The molecule has 2 aromatic carbocycles. The van der Waals surface area contributed by atoms with Crippen LogP contribution in [-0.4, -0.2) is 28.1 Å². The SMILES string of the molecule is O=C(Nc1ccc(N2CCCC2=O)cc1)c1cnn(-c2ccccc2Cl)c1. The van der Waals surface area contributed by atoms with Gasteiger partial charge >= 0.3 is 0 Å². The number of aromatic nitrogens is 2. The minimum absolute atomic E-state index is 0.138. The fraction of sp³-hybridized carbons (Fsp3) is 0.150. The molecule has 2 heterocycles. The van der Waals surface area contributed by atoms with Crippen molar-refractivity contribution >= 4 is 34.8 Å². The Morgan fingerprint density at radius 3 is 2.59 bits per heavy atom. The van der Waals surface area contributed by atoms with Gasteiger partial charge in [-0.05, 0) is 42.8 Å². The number of hydrogen-bond acceptors (Lipinski definition) is 3. The van der Waals surface area contributed by atoms with Crippen LogP contribution in [0.25, 0.3) is 5.69 Å². The van der Waals surface area contributed by atoms with Crippen LogP contribution in [0.4, 0.5) is 11.4 Å². The van der Waals surface area contributed by atoms with Crippen LogP contribution in [0.15, 0.2) is 60.9 Å². The summed E-state index contributed by atoms with van der Waals surface area (Å²) in [5.41, 5.74) is 2.63. The van der Waals surface area contributed by atoms with Crippen molar-refractivity contribution in [3.05, 3.63) is 71.5 Å². The number of para-hydroxylation sites is 1. The van der Waals surface area contributed by atoms with Crippen molar-refractivity contribution in [1.29, 1.82) is 0 Å². The van der Waals surface area contributed by atoms with Gasteiger partial charge in [-0.1, -0.05) is 23.7 Å². The molecule has 1 fully saturated rings. The first-order valence-corrected chi connectivity index (χ1v) is 9.01. The Labute approximate surface area is 161 Å². The maximum atomic E-state index is 12.5. The van der Waals surface area contributed by atoms with Gasteiger partial charge in [0.2, 0.25) is 5.91 Å². The van der Waals surface area contributed by atoms with Crippen molar-refractivity contribution in [2.45, 2.75) is 12.8 Å². The van der Waals surface area contributed by atoms with Crippen molar-refractivity contribution in [2.75, 3.05) is 16.8 Å². The van der Waals surface area contributed by atoms with Crippen molar-refractivity contribution in [1.82, 2.24) is 9.78 Å². The zero-order valence-electron chi connectivity index (χ0n) is 14.4. The number of amides is 2. The van der Waals surface area contributed by atoms with E-state index in [1.165, 1.54) is 6.20 Å². The van der Waals surface area contributed by atoms with Gasteiger partial charge < -0.3 is 10.2 Å². The van der Waals surface area contributed by atoms with E-state index in [0.717, 1.165) is 18.7 Å². The summed E-state index contributed by atoms with van der Waals surface area (Å²) >= 11 is 6.17. The molecule has 6 nitrogen and oxygen atoms in total. The number of nitrogens with one attached hydrogen (secondary N) is 1. The number of hydrogen-bond donors (Lipinski definition) is 1. The molecule has 1 aromatic heterocycles. The molecule has 2 amide bonds. The third kappa shape index (κ3) is 3.57. The normalized spacial score (nSPS) is 13.8. The molecule has 3 aromatic rings. The van der Waals surface area contributed by atoms with E-state index in [9.17, 15) is 9.59 Å². The van der Waals surface area contributed by atoms with Crippen LogP contribution in [0.2, 0.25) is 5.02 Å². The van der Waals surface area contributed by atoms with Gasteiger partial charge in [0.1, 0.15) is 0 Å². The Morgan fingerprint density at radius 2 is 1.89 bits per heavy atom. The molecule has 0 radical (unpaired) electrons. The molecular formula is C20H17ClN4O2. The Balaban J connectivity index is 1.47. The minimum atomic E-state index is -0.265. The molecule has 7 heteroatoms. The molecule has 0 bridgehead atoms. The second-order valence-corrected chi connectivity index (χ2v) is 6.68. The first kappa shape index (κ1) is 17.3. The molecule has 1 aliphatic heterocycles. The molecule has 0 aliphatic carbocycles. The molecule has 1 N–H and O–H groups in total. The van der Waals surface area contributed by atoms with E-state index < -0.39 is 0 Å². The summed E-state index contributed by atoms with van der Waals surface area (Å²) in [5, 5.41) is 7.61. The summed E-state index contributed by atoms with van der Waals surface area (Å²) in [6, 6.07) is 14.5. The molecule has 27 heavy (non-hydrogen) atoms. The number of carbonyl (C=O) groups is 2. The quantitative estimate of drug-likeness (QED) is 0.746. The second kappa shape index (κ2) is 7.25. The summed E-state index contributed by atoms with van der Waals surface area (Å²) < 4.78 is 1.57. The van der Waals surface area contributed by atoms with E-state index in [0.29, 0.717) is 28.4 Å². The summed E-state index contributed by atoms with van der Waals surface area (Å²) in [4.78, 5) is 26.0. The highest BCUT2D eigenvalue weighted by atomic mass is 35.5. The first-order valence-electron chi connectivity index (χ1n) is 8.63. The van der Waals surface area contributed by atoms with Gasteiger partial charge in [-0.3, -0.25) is 9.59 Å². The fourth-order valence-corrected chi connectivity index (χ4v) is 3.28. The first-order chi connectivity index (χ1) is 13.1. The van der Waals surface area contributed by atoms with Crippen LogP contribution >= 0.6 is 11.6 Å². The van der Waals surface area contributed by atoms with Crippen LogP contribution in [0.3, 0.4) is 0 Å². The van der Waals surface area contributed by atoms with Gasteiger partial charge in [0.15, 0.2) is 0 Å². The highest BCUT2D eigenvalue weighted by Crippen LogP contribution is 2.23. The Bertz CT molecular complexity index is 997. The summed E-state index contributed by atoms with van der Waals surface area (Å²) in [7, 11) is 0. The van der Waals surface area contributed by atoms with Gasteiger partial charge in [0, 0.05) is 30.5 Å². The zero-order chi connectivity index (χ0) is 18.8. The van der Waals surface area contributed by atoms with E-state index in [4.69, 9.17) is 11.6 Å². The lowest BCUT2D eigenvalue weighted by atomic mass is 10.2. The summed E-state index contributed by atoms with van der Waals surface area (Å²) in [6.07, 6.45) is 4.60. The maximum Gasteiger partial charge on any atom is 0.258 e. The maximum absolute atomic E-state index is 12.5. The van der Waals surface area contributed by atoms with Gasteiger partial charge in [-0.2, -0.15) is 5.10 Å². The highest BCUT2D eigenvalue weighted by molar-refractivity contribution is 6.32. The lowest BCUT2D eigenvalue weighted by Gasteiger charge is -2.16. The van der Waals surface area contributed by atoms with Gasteiger partial charge in [-0.25, -0.2) is 4.68 Å². The standard InChI is InChI=1S/C20H17ClN4O2/c21-17-4-1-2-5-18(17)25-13-14(12-22-25)20(27)23-15-7-9-16(10-8-15)24-11-3-6-19(24)26/h1-2,4-5,7-10,12-13H,3,6,11H2,(H,23,27). The van der Waals surface area contributed by atoms with Crippen molar-refractivity contribution < 1.29 is 9.59 Å². The minimum Gasteiger partial charge on any atom is -0.322 e. The predicted octanol–water partition coefficient (Wildman–Crippen LogP) is 3.90. The number of benzene rings is 2. The largest absolute Gasteiger partial charge is 0.322 e. The van der Waals surface area contributed by atoms with E-state index in [2.05, 4.69) is 10.4 Å². The van der Waals surface area contributed by atoms with E-state index in [1.54, 1.807) is 34.0 Å². The number of nitrogens with zero attached hydrogens (tertiary/aromatic N) is 3. The molecule has 0 atom stereocenters. The van der Waals surface area contributed by atoms with Crippen LogP contribution < -0.4 is 10.2 Å². The topological polar surface area (TPSA) is 67.2 Å². The lowest BCUT2D eigenvalue weighted by Crippen LogP contribution is -2.23. The molecule has 0 saturated carbocycles. The van der Waals surface area contributed by atoms with Crippen molar-refractivity contribution in [2.24, 2.45) is 0 Å². The second-order valence-electron chi connectivity index (χ2n) is 6.27. The van der Waals surface area contributed by atoms with Crippen LogP contribution in [-0.2, 0) is 4.79 Å². The third-order valence-corrected chi connectivity index (χ3v) is 4.77. The average Bonchev–Trinajstić information content (AvgIpc) is 3.32. The number of rotatable bonds is 4. The molecule has 0 unspecified atom stereocenters. The van der Waals surface area contributed by atoms with Gasteiger partial charge in [0.05, 0.1) is 22.5 Å². The Morgan fingerprint density at radius 1 is 1.11 bits per heavy atom. The summed E-state index contributed by atoms with van der Waals surface area (Å²) in [5.74, 6) is -0.128. The van der Waals surface area contributed by atoms with E-state index in [1.807, 2.05) is 30.3 Å². The van der Waals surface area contributed by atoms with Crippen molar-refractivity contribution in [3.8, 4) is 5.69 Å². The highest BCUT2D eigenvalue weighted by Gasteiger charge is 2.21. The smallest absolute Gasteiger partial charge is 0.258 e. The molecule has 1 aliphatic rings. The molecule has 4 rings (SSSR count). The molecule has 136 valence electrons. The lowest BCUT2D eigenvalue weighted by molar-refractivity contribution is -0.117. The molecule has 0 spiro atoms. The fourth-order valence-electron chi connectivity index (χ4n) is 3.06. The monoisotopic (exact) mass is 380 g/mol. The zero-order valence-corrected chi connectivity index (χ0v) is 15.2. The third-order valence-electron chi connectivity index (χ3n) is 4.45. The van der Waals surface area contributed by atoms with Crippen molar-refractivity contribution in [3.63, 3.8) is 0 Å². The predicted molar refractivity (Wildman–Crippen MR) is 105 cm³/mol. The molecule has 1 saturated heterocycles. The Hall–Kier alpha value is -3.12. The number of halogens is 1. The average molecular weight is 381 g/mol. The number of anilines is 2. The number of carbonyl (C=O) groups excluding carboxylic acids is 2. The van der Waals surface area contributed by atoms with Gasteiger partial charge in [-0.15, -0.1) is 0 Å². The van der Waals surface area contributed by atoms with Crippen LogP contribution in [0.1, 0.15) is 23.2 Å². The Kier molecular flexibility index (Phi) is 4.64. The molecular weight excluding hydrogens is 364 g/mol.